The number of aryl methyl sites for hydroxylation is 1. The van der Waals surface area contributed by atoms with Crippen molar-refractivity contribution in [1.82, 2.24) is 19.9 Å². The van der Waals surface area contributed by atoms with Crippen molar-refractivity contribution in [3.63, 3.8) is 0 Å². The van der Waals surface area contributed by atoms with E-state index in [0.717, 1.165) is 19.5 Å². The van der Waals surface area contributed by atoms with Gasteiger partial charge in [0.1, 0.15) is 5.69 Å². The molecule has 1 atom stereocenters. The first-order valence-electron chi connectivity index (χ1n) is 8.25. The SMILES string of the molecule is CCn1nncc1C(=O)N1CCC(C)(C)C(c2ccccc2)C1. The average molecular weight is 312 g/mol. The van der Waals surface area contributed by atoms with Crippen LogP contribution in [-0.4, -0.2) is 38.9 Å². The molecule has 0 aliphatic carbocycles. The molecule has 1 fully saturated rings. The quantitative estimate of drug-likeness (QED) is 0.875. The molecule has 1 amide bonds. The first-order chi connectivity index (χ1) is 11.0. The lowest BCUT2D eigenvalue weighted by molar-refractivity contribution is 0.0556. The third-order valence-electron chi connectivity index (χ3n) is 5.00. The van der Waals surface area contributed by atoms with Crippen LogP contribution in [-0.2, 0) is 6.54 Å². The number of carbonyl (C=O) groups excluding carboxylic acids is 1. The van der Waals surface area contributed by atoms with Gasteiger partial charge < -0.3 is 4.90 Å². The molecule has 0 bridgehead atoms. The summed E-state index contributed by atoms with van der Waals surface area (Å²) < 4.78 is 1.67. The third kappa shape index (κ3) is 3.00. The fourth-order valence-electron chi connectivity index (χ4n) is 3.40. The molecule has 5 heteroatoms. The third-order valence-corrected chi connectivity index (χ3v) is 5.00. The predicted molar refractivity (Wildman–Crippen MR) is 89.2 cm³/mol. The van der Waals surface area contributed by atoms with E-state index in [1.165, 1.54) is 5.56 Å². The van der Waals surface area contributed by atoms with Crippen molar-refractivity contribution in [2.75, 3.05) is 13.1 Å². The highest BCUT2D eigenvalue weighted by molar-refractivity contribution is 5.92. The zero-order chi connectivity index (χ0) is 16.4. The molecule has 0 N–H and O–H groups in total. The Hall–Kier alpha value is -2.17. The molecule has 122 valence electrons. The van der Waals surface area contributed by atoms with Crippen LogP contribution in [0.4, 0.5) is 0 Å². The second-order valence-corrected chi connectivity index (χ2v) is 6.89. The summed E-state index contributed by atoms with van der Waals surface area (Å²) in [6.45, 7) is 8.74. The topological polar surface area (TPSA) is 51.0 Å². The summed E-state index contributed by atoms with van der Waals surface area (Å²) in [4.78, 5) is 14.8. The molecule has 1 aliphatic rings. The Balaban J connectivity index is 1.85. The summed E-state index contributed by atoms with van der Waals surface area (Å²) in [6, 6.07) is 10.5. The minimum atomic E-state index is 0.0354. The molecule has 0 saturated carbocycles. The molecule has 2 heterocycles. The fraction of sp³-hybridized carbons (Fsp3) is 0.500. The van der Waals surface area contributed by atoms with E-state index in [-0.39, 0.29) is 11.3 Å². The van der Waals surface area contributed by atoms with Gasteiger partial charge in [0.25, 0.3) is 5.91 Å². The Morgan fingerprint density at radius 1 is 1.30 bits per heavy atom. The van der Waals surface area contributed by atoms with E-state index in [0.29, 0.717) is 18.2 Å². The summed E-state index contributed by atoms with van der Waals surface area (Å²) in [5.41, 5.74) is 2.07. The number of hydrogen-bond acceptors (Lipinski definition) is 3. The summed E-state index contributed by atoms with van der Waals surface area (Å²) in [5, 5.41) is 7.86. The number of hydrogen-bond donors (Lipinski definition) is 0. The number of likely N-dealkylation sites (tertiary alicyclic amines) is 1. The summed E-state index contributed by atoms with van der Waals surface area (Å²) in [6.07, 6.45) is 2.56. The van der Waals surface area contributed by atoms with Crippen molar-refractivity contribution in [3.8, 4) is 0 Å². The Bertz CT molecular complexity index is 677. The lowest BCUT2D eigenvalue weighted by Gasteiger charge is -2.44. The van der Waals surface area contributed by atoms with E-state index in [2.05, 4.69) is 48.4 Å². The molecular formula is C18H24N4O. The van der Waals surface area contributed by atoms with Crippen LogP contribution < -0.4 is 0 Å². The van der Waals surface area contributed by atoms with Crippen LogP contribution in [0.1, 0.15) is 49.2 Å². The van der Waals surface area contributed by atoms with Crippen LogP contribution >= 0.6 is 0 Å². The van der Waals surface area contributed by atoms with Gasteiger partial charge in [-0.15, -0.1) is 5.10 Å². The molecule has 0 radical (unpaired) electrons. The highest BCUT2D eigenvalue weighted by Gasteiger charge is 2.38. The number of amides is 1. The van der Waals surface area contributed by atoms with E-state index < -0.39 is 0 Å². The first-order valence-corrected chi connectivity index (χ1v) is 8.25. The molecule has 1 aromatic heterocycles. The lowest BCUT2D eigenvalue weighted by Crippen LogP contribution is -2.46. The zero-order valence-electron chi connectivity index (χ0n) is 14.1. The van der Waals surface area contributed by atoms with Gasteiger partial charge in [-0.05, 0) is 24.3 Å². The van der Waals surface area contributed by atoms with Gasteiger partial charge in [-0.1, -0.05) is 49.4 Å². The first kappa shape index (κ1) is 15.7. The van der Waals surface area contributed by atoms with Gasteiger partial charge in [0.15, 0.2) is 0 Å². The van der Waals surface area contributed by atoms with Crippen LogP contribution in [0, 0.1) is 5.41 Å². The van der Waals surface area contributed by atoms with Crippen molar-refractivity contribution in [2.45, 2.75) is 39.7 Å². The van der Waals surface area contributed by atoms with Gasteiger partial charge in [0, 0.05) is 25.6 Å². The number of benzene rings is 1. The molecule has 1 saturated heterocycles. The molecular weight excluding hydrogens is 288 g/mol. The molecule has 1 aliphatic heterocycles. The normalized spacial score (nSPS) is 20.5. The van der Waals surface area contributed by atoms with Gasteiger partial charge in [-0.2, -0.15) is 0 Å². The van der Waals surface area contributed by atoms with Crippen molar-refractivity contribution >= 4 is 5.91 Å². The van der Waals surface area contributed by atoms with Crippen molar-refractivity contribution in [2.24, 2.45) is 5.41 Å². The standard InChI is InChI=1S/C18H24N4O/c1-4-22-16(12-19-20-22)17(23)21-11-10-18(2,3)15(13-21)14-8-6-5-7-9-14/h5-9,12,15H,4,10-11,13H2,1-3H3. The average Bonchev–Trinajstić information content (AvgIpc) is 3.03. The second kappa shape index (κ2) is 6.14. The maximum atomic E-state index is 12.9. The monoisotopic (exact) mass is 312 g/mol. The molecule has 0 spiro atoms. The Kier molecular flexibility index (Phi) is 4.20. The van der Waals surface area contributed by atoms with Gasteiger partial charge in [0.2, 0.25) is 0 Å². The second-order valence-electron chi connectivity index (χ2n) is 6.89. The summed E-state index contributed by atoms with van der Waals surface area (Å²) >= 11 is 0. The summed E-state index contributed by atoms with van der Waals surface area (Å²) in [7, 11) is 0. The number of rotatable bonds is 3. The van der Waals surface area contributed by atoms with E-state index in [4.69, 9.17) is 0 Å². The summed E-state index contributed by atoms with van der Waals surface area (Å²) in [5.74, 6) is 0.376. The number of piperidine rings is 1. The molecule has 5 nitrogen and oxygen atoms in total. The highest BCUT2D eigenvalue weighted by atomic mass is 16.2. The molecule has 1 aromatic carbocycles. The molecule has 23 heavy (non-hydrogen) atoms. The van der Waals surface area contributed by atoms with E-state index in [1.54, 1.807) is 10.9 Å². The Morgan fingerprint density at radius 3 is 2.74 bits per heavy atom. The zero-order valence-corrected chi connectivity index (χ0v) is 14.1. The van der Waals surface area contributed by atoms with Gasteiger partial charge in [0.05, 0.1) is 6.20 Å². The Labute approximate surface area is 137 Å². The number of aromatic nitrogens is 3. The van der Waals surface area contributed by atoms with Crippen molar-refractivity contribution in [1.29, 1.82) is 0 Å². The lowest BCUT2D eigenvalue weighted by atomic mass is 9.70. The fourth-order valence-corrected chi connectivity index (χ4v) is 3.40. The molecule has 1 unspecified atom stereocenters. The van der Waals surface area contributed by atoms with E-state index in [9.17, 15) is 4.79 Å². The van der Waals surface area contributed by atoms with Gasteiger partial charge >= 0.3 is 0 Å². The minimum absolute atomic E-state index is 0.0354. The van der Waals surface area contributed by atoms with Crippen molar-refractivity contribution in [3.05, 3.63) is 47.8 Å². The van der Waals surface area contributed by atoms with Crippen LogP contribution in [0.2, 0.25) is 0 Å². The van der Waals surface area contributed by atoms with E-state index in [1.807, 2.05) is 17.9 Å². The van der Waals surface area contributed by atoms with Crippen LogP contribution in [0.3, 0.4) is 0 Å². The van der Waals surface area contributed by atoms with Crippen LogP contribution in [0.25, 0.3) is 0 Å². The maximum absolute atomic E-state index is 12.9. The van der Waals surface area contributed by atoms with E-state index >= 15 is 0 Å². The highest BCUT2D eigenvalue weighted by Crippen LogP contribution is 2.42. The smallest absolute Gasteiger partial charge is 0.273 e. The predicted octanol–water partition coefficient (Wildman–Crippen LogP) is 2.95. The van der Waals surface area contributed by atoms with Gasteiger partial charge in [-0.25, -0.2) is 4.68 Å². The molecule has 3 rings (SSSR count). The van der Waals surface area contributed by atoms with Gasteiger partial charge in [-0.3, -0.25) is 4.79 Å². The maximum Gasteiger partial charge on any atom is 0.273 e. The van der Waals surface area contributed by atoms with Crippen LogP contribution in [0.5, 0.6) is 0 Å². The van der Waals surface area contributed by atoms with Crippen LogP contribution in [0.15, 0.2) is 36.5 Å². The largest absolute Gasteiger partial charge is 0.337 e. The van der Waals surface area contributed by atoms with Crippen molar-refractivity contribution < 1.29 is 4.79 Å². The number of nitrogens with zero attached hydrogens (tertiary/aromatic N) is 4. The molecule has 2 aromatic rings. The number of carbonyl (C=O) groups is 1. The minimum Gasteiger partial charge on any atom is -0.337 e. The Morgan fingerprint density at radius 2 is 2.04 bits per heavy atom.